The summed E-state index contributed by atoms with van der Waals surface area (Å²) in [7, 11) is -3.08. The zero-order chi connectivity index (χ0) is 14.9. The van der Waals surface area contributed by atoms with Crippen LogP contribution in [0.5, 0.6) is 0 Å². The number of aliphatic carboxylic acids is 1. The van der Waals surface area contributed by atoms with E-state index in [-0.39, 0.29) is 18.7 Å². The van der Waals surface area contributed by atoms with Crippen LogP contribution in [0.25, 0.3) is 0 Å². The van der Waals surface area contributed by atoms with E-state index < -0.39 is 41.0 Å². The maximum Gasteiger partial charge on any atom is 0.329 e. The summed E-state index contributed by atoms with van der Waals surface area (Å²) >= 11 is 0. The van der Waals surface area contributed by atoms with Gasteiger partial charge in [0.1, 0.15) is 23.1 Å². The first kappa shape index (κ1) is 17.3. The first-order valence-electron chi connectivity index (χ1n) is 5.25. The molecule has 0 spiro atoms. The van der Waals surface area contributed by atoms with E-state index in [9.17, 15) is 22.8 Å². The Bertz CT molecular complexity index is 432. The molecular formula is C9H16N2O7S. The second-order valence-corrected chi connectivity index (χ2v) is 5.93. The molecule has 0 aromatic carbocycles. The number of carbonyl (C=O) groups is 3. The quantitative estimate of drug-likeness (QED) is 0.456. The number of hydrogen-bond donors (Lipinski definition) is 3. The number of ether oxygens (including phenoxy) is 1. The van der Waals surface area contributed by atoms with Crippen LogP contribution < -0.4 is 10.6 Å². The first-order chi connectivity index (χ1) is 8.70. The van der Waals surface area contributed by atoms with Crippen molar-refractivity contribution in [1.29, 1.82) is 0 Å². The van der Waals surface area contributed by atoms with Gasteiger partial charge in [0.05, 0.1) is 5.75 Å². The van der Waals surface area contributed by atoms with Crippen LogP contribution in [-0.4, -0.2) is 63.2 Å². The van der Waals surface area contributed by atoms with Crippen molar-refractivity contribution in [3.63, 3.8) is 0 Å². The van der Waals surface area contributed by atoms with Crippen molar-refractivity contribution >= 4 is 27.7 Å². The second-order valence-electron chi connectivity index (χ2n) is 3.67. The van der Waals surface area contributed by atoms with E-state index in [0.29, 0.717) is 0 Å². The van der Waals surface area contributed by atoms with Gasteiger partial charge in [0.25, 0.3) is 5.91 Å². The van der Waals surface area contributed by atoms with E-state index in [0.717, 1.165) is 6.26 Å². The molecule has 19 heavy (non-hydrogen) atoms. The molecule has 0 unspecified atom stereocenters. The number of amides is 3. The molecule has 3 amide bonds. The molecule has 0 radical (unpaired) electrons. The number of carboxylic acids is 1. The lowest BCUT2D eigenvalue weighted by Crippen LogP contribution is -2.41. The van der Waals surface area contributed by atoms with Crippen LogP contribution in [0.4, 0.5) is 4.79 Å². The van der Waals surface area contributed by atoms with Crippen LogP contribution in [0.2, 0.25) is 0 Å². The molecule has 0 saturated carbocycles. The van der Waals surface area contributed by atoms with Gasteiger partial charge in [-0.1, -0.05) is 0 Å². The third-order valence-corrected chi connectivity index (χ3v) is 2.72. The predicted molar refractivity (Wildman–Crippen MR) is 64.3 cm³/mol. The number of imide groups is 1. The SMILES string of the molecule is CS(=O)(=O)CCCNC(=O)NC(=O)COCC(=O)O. The summed E-state index contributed by atoms with van der Waals surface area (Å²) in [6.45, 7) is -1.09. The fourth-order valence-electron chi connectivity index (χ4n) is 0.974. The van der Waals surface area contributed by atoms with Crippen molar-refractivity contribution in [3.8, 4) is 0 Å². The van der Waals surface area contributed by atoms with Gasteiger partial charge in [0, 0.05) is 12.8 Å². The highest BCUT2D eigenvalue weighted by atomic mass is 32.2. The number of hydrogen-bond acceptors (Lipinski definition) is 6. The average molecular weight is 296 g/mol. The van der Waals surface area contributed by atoms with Gasteiger partial charge in [-0.15, -0.1) is 0 Å². The summed E-state index contributed by atoms with van der Waals surface area (Å²) in [5.74, 6) is -2.08. The minimum Gasteiger partial charge on any atom is -0.480 e. The zero-order valence-corrected chi connectivity index (χ0v) is 11.2. The van der Waals surface area contributed by atoms with Gasteiger partial charge in [-0.3, -0.25) is 10.1 Å². The van der Waals surface area contributed by atoms with E-state index in [4.69, 9.17) is 5.11 Å². The number of rotatable bonds is 8. The van der Waals surface area contributed by atoms with Crippen LogP contribution in [0, 0.1) is 0 Å². The summed E-state index contributed by atoms with van der Waals surface area (Å²) in [6.07, 6.45) is 1.31. The second kappa shape index (κ2) is 8.43. The number of urea groups is 1. The number of nitrogens with one attached hydrogen (secondary N) is 2. The molecule has 9 nitrogen and oxygen atoms in total. The molecule has 0 aliphatic carbocycles. The maximum absolute atomic E-state index is 11.1. The Kier molecular flexibility index (Phi) is 7.68. The van der Waals surface area contributed by atoms with Crippen molar-refractivity contribution in [3.05, 3.63) is 0 Å². The lowest BCUT2D eigenvalue weighted by molar-refractivity contribution is -0.143. The van der Waals surface area contributed by atoms with Crippen molar-refractivity contribution in [1.82, 2.24) is 10.6 Å². The summed E-state index contributed by atoms with van der Waals surface area (Å²) in [5, 5.41) is 12.4. The molecule has 0 heterocycles. The predicted octanol–water partition coefficient (Wildman–Crippen LogP) is -1.65. The third kappa shape index (κ3) is 12.6. The van der Waals surface area contributed by atoms with E-state index in [1.165, 1.54) is 0 Å². The van der Waals surface area contributed by atoms with Gasteiger partial charge < -0.3 is 15.2 Å². The van der Waals surface area contributed by atoms with Crippen molar-refractivity contribution in [2.75, 3.05) is 31.8 Å². The van der Waals surface area contributed by atoms with Gasteiger partial charge in [-0.25, -0.2) is 18.0 Å². The van der Waals surface area contributed by atoms with Crippen LogP contribution in [-0.2, 0) is 24.2 Å². The van der Waals surface area contributed by atoms with Gasteiger partial charge in [0.2, 0.25) is 0 Å². The standard InChI is InChI=1S/C9H16N2O7S/c1-19(16,17)4-2-3-10-9(15)11-7(12)5-18-6-8(13)14/h2-6H2,1H3,(H,13,14)(H2,10,11,12,15). The number of sulfone groups is 1. The Morgan fingerprint density at radius 1 is 1.21 bits per heavy atom. The van der Waals surface area contributed by atoms with E-state index in [1.54, 1.807) is 0 Å². The smallest absolute Gasteiger partial charge is 0.329 e. The Labute approximate surface area is 110 Å². The van der Waals surface area contributed by atoms with Gasteiger partial charge >= 0.3 is 12.0 Å². The van der Waals surface area contributed by atoms with E-state index in [2.05, 4.69) is 10.1 Å². The highest BCUT2D eigenvalue weighted by Crippen LogP contribution is 1.86. The van der Waals surface area contributed by atoms with Gasteiger partial charge in [-0.05, 0) is 6.42 Å². The monoisotopic (exact) mass is 296 g/mol. The van der Waals surface area contributed by atoms with Crippen molar-refractivity contribution in [2.24, 2.45) is 0 Å². The molecule has 3 N–H and O–H groups in total. The fraction of sp³-hybridized carbons (Fsp3) is 0.667. The minimum absolute atomic E-state index is 0.0665. The highest BCUT2D eigenvalue weighted by molar-refractivity contribution is 7.90. The summed E-state index contributed by atoms with van der Waals surface area (Å²) < 4.78 is 26.0. The molecular weight excluding hydrogens is 280 g/mol. The average Bonchev–Trinajstić information content (AvgIpc) is 2.22. The molecule has 0 atom stereocenters. The molecule has 0 aliphatic rings. The summed E-state index contributed by atoms with van der Waals surface area (Å²) in [4.78, 5) is 32.2. The Balaban J connectivity index is 3.68. The van der Waals surface area contributed by atoms with Crippen LogP contribution in [0.1, 0.15) is 6.42 Å². The van der Waals surface area contributed by atoms with E-state index in [1.807, 2.05) is 5.32 Å². The highest BCUT2D eigenvalue weighted by Gasteiger charge is 2.08. The zero-order valence-electron chi connectivity index (χ0n) is 10.3. The fourth-order valence-corrected chi connectivity index (χ4v) is 1.64. The molecule has 110 valence electrons. The van der Waals surface area contributed by atoms with Crippen LogP contribution >= 0.6 is 0 Å². The summed E-state index contributed by atoms with van der Waals surface area (Å²) in [6, 6.07) is -0.794. The van der Waals surface area contributed by atoms with Crippen molar-refractivity contribution in [2.45, 2.75) is 6.42 Å². The molecule has 10 heteroatoms. The normalized spacial score (nSPS) is 10.8. The van der Waals surface area contributed by atoms with Crippen LogP contribution in [0.15, 0.2) is 0 Å². The molecule has 0 saturated heterocycles. The molecule has 0 fully saturated rings. The largest absolute Gasteiger partial charge is 0.480 e. The third-order valence-electron chi connectivity index (χ3n) is 1.69. The molecule has 0 aromatic rings. The Morgan fingerprint density at radius 3 is 2.37 bits per heavy atom. The Hall–Kier alpha value is -1.68. The lowest BCUT2D eigenvalue weighted by atomic mass is 10.5. The lowest BCUT2D eigenvalue weighted by Gasteiger charge is -2.06. The van der Waals surface area contributed by atoms with Gasteiger partial charge in [0.15, 0.2) is 0 Å². The number of carboxylic acid groups (broad SMARTS) is 1. The molecule has 0 aliphatic heterocycles. The topological polar surface area (TPSA) is 139 Å². The van der Waals surface area contributed by atoms with Crippen LogP contribution in [0.3, 0.4) is 0 Å². The Morgan fingerprint density at radius 2 is 1.84 bits per heavy atom. The minimum atomic E-state index is -3.08. The maximum atomic E-state index is 11.1. The number of carbonyl (C=O) groups excluding carboxylic acids is 2. The van der Waals surface area contributed by atoms with E-state index >= 15 is 0 Å². The molecule has 0 aromatic heterocycles. The van der Waals surface area contributed by atoms with Crippen molar-refractivity contribution < 1.29 is 32.6 Å². The summed E-state index contributed by atoms with van der Waals surface area (Å²) in [5.41, 5.74) is 0. The molecule has 0 bridgehead atoms. The molecule has 0 rings (SSSR count). The first-order valence-corrected chi connectivity index (χ1v) is 7.31. The van der Waals surface area contributed by atoms with Gasteiger partial charge in [-0.2, -0.15) is 0 Å².